The summed E-state index contributed by atoms with van der Waals surface area (Å²) in [5.41, 5.74) is 2.07. The van der Waals surface area contributed by atoms with Crippen LogP contribution in [0, 0.1) is 13.8 Å². The molecule has 1 atom stereocenters. The van der Waals surface area contributed by atoms with Gasteiger partial charge in [0, 0.05) is 24.2 Å². The van der Waals surface area contributed by atoms with Gasteiger partial charge in [-0.15, -0.1) is 0 Å². The maximum absolute atomic E-state index is 10.9. The summed E-state index contributed by atoms with van der Waals surface area (Å²) >= 11 is 0. The Balaban J connectivity index is 2.11. The predicted molar refractivity (Wildman–Crippen MR) is 85.9 cm³/mol. The SMILES string of the molecule is Cc1cc(NC(CCC(=O)O)Cc2ccccc2)nc(C)n1. The number of nitrogens with one attached hydrogen (secondary N) is 1. The van der Waals surface area contributed by atoms with Crippen LogP contribution in [0.1, 0.15) is 29.9 Å². The number of aryl methyl sites for hydroxylation is 2. The maximum Gasteiger partial charge on any atom is 0.303 e. The summed E-state index contributed by atoms with van der Waals surface area (Å²) in [5.74, 6) is 0.672. The van der Waals surface area contributed by atoms with E-state index in [2.05, 4.69) is 15.3 Å². The van der Waals surface area contributed by atoms with Gasteiger partial charge in [-0.05, 0) is 32.3 Å². The van der Waals surface area contributed by atoms with E-state index in [0.717, 1.165) is 17.9 Å². The number of aliphatic carboxylic acids is 1. The molecule has 0 radical (unpaired) electrons. The Kier molecular flexibility index (Phi) is 5.47. The van der Waals surface area contributed by atoms with Crippen molar-refractivity contribution in [1.82, 2.24) is 9.97 Å². The second-order valence-electron chi connectivity index (χ2n) is 5.41. The number of carbonyl (C=O) groups is 1. The minimum Gasteiger partial charge on any atom is -0.481 e. The van der Waals surface area contributed by atoms with Gasteiger partial charge in [-0.1, -0.05) is 30.3 Å². The van der Waals surface area contributed by atoms with Crippen LogP contribution in [0.5, 0.6) is 0 Å². The Morgan fingerprint density at radius 2 is 1.95 bits per heavy atom. The van der Waals surface area contributed by atoms with E-state index in [0.29, 0.717) is 12.2 Å². The topological polar surface area (TPSA) is 75.1 Å². The van der Waals surface area contributed by atoms with Crippen LogP contribution in [0.25, 0.3) is 0 Å². The highest BCUT2D eigenvalue weighted by Gasteiger charge is 2.13. The highest BCUT2D eigenvalue weighted by Crippen LogP contribution is 2.14. The highest BCUT2D eigenvalue weighted by molar-refractivity contribution is 5.66. The number of hydrogen-bond donors (Lipinski definition) is 2. The molecule has 0 fully saturated rings. The van der Waals surface area contributed by atoms with Crippen LogP contribution >= 0.6 is 0 Å². The van der Waals surface area contributed by atoms with Crippen LogP contribution in [0.3, 0.4) is 0 Å². The van der Waals surface area contributed by atoms with Crippen molar-refractivity contribution in [3.05, 3.63) is 53.5 Å². The van der Waals surface area contributed by atoms with Crippen molar-refractivity contribution in [2.24, 2.45) is 0 Å². The highest BCUT2D eigenvalue weighted by atomic mass is 16.4. The fourth-order valence-corrected chi connectivity index (χ4v) is 2.42. The summed E-state index contributed by atoms with van der Waals surface area (Å²) < 4.78 is 0. The van der Waals surface area contributed by atoms with Gasteiger partial charge in [0.1, 0.15) is 11.6 Å². The predicted octanol–water partition coefficient (Wildman–Crippen LogP) is 2.98. The van der Waals surface area contributed by atoms with E-state index in [-0.39, 0.29) is 12.5 Å². The van der Waals surface area contributed by atoms with Crippen molar-refractivity contribution in [3.8, 4) is 0 Å². The molecule has 2 N–H and O–H groups in total. The first-order chi connectivity index (χ1) is 10.5. The molecule has 0 saturated carbocycles. The lowest BCUT2D eigenvalue weighted by Crippen LogP contribution is -2.24. The molecule has 116 valence electrons. The number of anilines is 1. The molecular weight excluding hydrogens is 278 g/mol. The number of carboxylic acids is 1. The summed E-state index contributed by atoms with van der Waals surface area (Å²) in [7, 11) is 0. The summed E-state index contributed by atoms with van der Waals surface area (Å²) in [5, 5.41) is 12.3. The lowest BCUT2D eigenvalue weighted by molar-refractivity contribution is -0.137. The molecule has 2 aromatic rings. The molecule has 0 aliphatic rings. The number of nitrogens with zero attached hydrogens (tertiary/aromatic N) is 2. The quantitative estimate of drug-likeness (QED) is 0.822. The smallest absolute Gasteiger partial charge is 0.303 e. The van der Waals surface area contributed by atoms with Gasteiger partial charge >= 0.3 is 5.97 Å². The largest absolute Gasteiger partial charge is 0.481 e. The molecular formula is C17H21N3O2. The van der Waals surface area contributed by atoms with Gasteiger partial charge < -0.3 is 10.4 Å². The first-order valence-corrected chi connectivity index (χ1v) is 7.37. The fraction of sp³-hybridized carbons (Fsp3) is 0.353. The van der Waals surface area contributed by atoms with E-state index in [9.17, 15) is 4.79 Å². The van der Waals surface area contributed by atoms with E-state index in [4.69, 9.17) is 5.11 Å². The third kappa shape index (κ3) is 5.16. The van der Waals surface area contributed by atoms with E-state index in [1.165, 1.54) is 5.56 Å². The number of benzene rings is 1. The minimum atomic E-state index is -0.782. The molecule has 0 aliphatic heterocycles. The van der Waals surface area contributed by atoms with Gasteiger partial charge in [0.25, 0.3) is 0 Å². The van der Waals surface area contributed by atoms with Crippen LogP contribution < -0.4 is 5.32 Å². The van der Waals surface area contributed by atoms with E-state index >= 15 is 0 Å². The summed E-state index contributed by atoms with van der Waals surface area (Å²) in [6, 6.07) is 11.9. The van der Waals surface area contributed by atoms with Crippen LogP contribution in [-0.2, 0) is 11.2 Å². The molecule has 1 unspecified atom stereocenters. The molecule has 5 nitrogen and oxygen atoms in total. The normalized spacial score (nSPS) is 11.9. The number of carboxylic acid groups (broad SMARTS) is 1. The van der Waals surface area contributed by atoms with E-state index in [1.807, 2.05) is 50.2 Å². The molecule has 0 saturated heterocycles. The zero-order valence-electron chi connectivity index (χ0n) is 12.9. The minimum absolute atomic E-state index is 0.0206. The number of aromatic nitrogens is 2. The third-order valence-electron chi connectivity index (χ3n) is 3.35. The Morgan fingerprint density at radius 3 is 2.59 bits per heavy atom. The molecule has 0 amide bonds. The van der Waals surface area contributed by atoms with Gasteiger partial charge in [0.2, 0.25) is 0 Å². The molecule has 1 aromatic heterocycles. The Morgan fingerprint density at radius 1 is 1.23 bits per heavy atom. The van der Waals surface area contributed by atoms with E-state index < -0.39 is 5.97 Å². The molecule has 1 heterocycles. The number of hydrogen-bond acceptors (Lipinski definition) is 4. The van der Waals surface area contributed by atoms with Crippen LogP contribution in [-0.4, -0.2) is 27.1 Å². The average Bonchev–Trinajstić information content (AvgIpc) is 2.44. The molecule has 2 rings (SSSR count). The average molecular weight is 299 g/mol. The van der Waals surface area contributed by atoms with Crippen molar-refractivity contribution >= 4 is 11.8 Å². The Labute approximate surface area is 130 Å². The van der Waals surface area contributed by atoms with Crippen molar-refractivity contribution in [3.63, 3.8) is 0 Å². The van der Waals surface area contributed by atoms with Crippen molar-refractivity contribution in [2.45, 2.75) is 39.2 Å². The summed E-state index contributed by atoms with van der Waals surface area (Å²) in [6.07, 6.45) is 1.44. The third-order valence-corrected chi connectivity index (χ3v) is 3.35. The maximum atomic E-state index is 10.9. The lowest BCUT2D eigenvalue weighted by Gasteiger charge is -2.19. The lowest BCUT2D eigenvalue weighted by atomic mass is 10.0. The van der Waals surface area contributed by atoms with Crippen molar-refractivity contribution in [1.29, 1.82) is 0 Å². The standard InChI is InChI=1S/C17H21N3O2/c1-12-10-16(19-13(2)18-12)20-15(8-9-17(21)22)11-14-6-4-3-5-7-14/h3-7,10,15H,8-9,11H2,1-2H3,(H,21,22)(H,18,19,20). The van der Waals surface area contributed by atoms with Gasteiger partial charge in [-0.25, -0.2) is 9.97 Å². The molecule has 0 spiro atoms. The van der Waals surface area contributed by atoms with Gasteiger partial charge in [0.15, 0.2) is 0 Å². The van der Waals surface area contributed by atoms with Gasteiger partial charge in [0.05, 0.1) is 0 Å². The monoisotopic (exact) mass is 299 g/mol. The second kappa shape index (κ2) is 7.54. The first kappa shape index (κ1) is 15.9. The fourth-order valence-electron chi connectivity index (χ4n) is 2.42. The van der Waals surface area contributed by atoms with Crippen molar-refractivity contribution in [2.75, 3.05) is 5.32 Å². The van der Waals surface area contributed by atoms with Crippen LogP contribution in [0.4, 0.5) is 5.82 Å². The van der Waals surface area contributed by atoms with Gasteiger partial charge in [-0.3, -0.25) is 4.79 Å². The summed E-state index contributed by atoms with van der Waals surface area (Å²) in [4.78, 5) is 19.5. The van der Waals surface area contributed by atoms with Crippen molar-refractivity contribution < 1.29 is 9.90 Å². The Hall–Kier alpha value is -2.43. The molecule has 1 aromatic carbocycles. The molecule has 22 heavy (non-hydrogen) atoms. The zero-order chi connectivity index (χ0) is 15.9. The number of rotatable bonds is 7. The molecule has 0 aliphatic carbocycles. The Bertz CT molecular complexity index is 609. The van der Waals surface area contributed by atoms with Gasteiger partial charge in [-0.2, -0.15) is 0 Å². The van der Waals surface area contributed by atoms with Crippen LogP contribution in [0.15, 0.2) is 36.4 Å². The second-order valence-corrected chi connectivity index (χ2v) is 5.41. The first-order valence-electron chi connectivity index (χ1n) is 7.37. The van der Waals surface area contributed by atoms with E-state index in [1.54, 1.807) is 0 Å². The zero-order valence-corrected chi connectivity index (χ0v) is 12.9. The molecule has 0 bridgehead atoms. The molecule has 5 heteroatoms. The summed E-state index contributed by atoms with van der Waals surface area (Å²) in [6.45, 7) is 3.77. The van der Waals surface area contributed by atoms with Crippen LogP contribution in [0.2, 0.25) is 0 Å².